The van der Waals surface area contributed by atoms with Gasteiger partial charge in [-0.2, -0.15) is 0 Å². The zero-order chi connectivity index (χ0) is 19.3. The highest BCUT2D eigenvalue weighted by molar-refractivity contribution is 7.09. The van der Waals surface area contributed by atoms with Crippen molar-refractivity contribution < 1.29 is 14.5 Å². The van der Waals surface area contributed by atoms with Crippen molar-refractivity contribution in [2.45, 2.75) is 46.7 Å². The first-order valence-electron chi connectivity index (χ1n) is 9.11. The lowest BCUT2D eigenvalue weighted by Crippen LogP contribution is -3.11. The first-order chi connectivity index (χ1) is 12.3. The van der Waals surface area contributed by atoms with E-state index in [0.717, 1.165) is 34.8 Å². The quantitative estimate of drug-likeness (QED) is 0.654. The molecule has 0 saturated carbocycles. The van der Waals surface area contributed by atoms with E-state index in [1.54, 1.807) is 11.3 Å². The van der Waals surface area contributed by atoms with Gasteiger partial charge in [0.2, 0.25) is 5.78 Å². The van der Waals surface area contributed by atoms with Crippen LogP contribution in [-0.2, 0) is 17.8 Å². The Morgan fingerprint density at radius 2 is 2.00 bits per heavy atom. The van der Waals surface area contributed by atoms with Crippen LogP contribution in [0.3, 0.4) is 0 Å². The van der Waals surface area contributed by atoms with E-state index < -0.39 is 0 Å². The molecule has 1 unspecified atom stereocenters. The Labute approximate surface area is 160 Å². The van der Waals surface area contributed by atoms with Crippen molar-refractivity contribution in [3.63, 3.8) is 0 Å². The third-order valence-electron chi connectivity index (χ3n) is 4.41. The number of hydrogen-bond acceptors (Lipinski definition) is 3. The van der Waals surface area contributed by atoms with Crippen LogP contribution in [0.25, 0.3) is 0 Å². The molecule has 2 N–H and O–H groups in total. The van der Waals surface area contributed by atoms with Crippen molar-refractivity contribution in [2.24, 2.45) is 0 Å². The van der Waals surface area contributed by atoms with Crippen LogP contribution in [0.5, 0.6) is 0 Å². The Hall–Kier alpha value is -1.92. The van der Waals surface area contributed by atoms with Crippen molar-refractivity contribution >= 4 is 23.0 Å². The Balaban J connectivity index is 1.98. The van der Waals surface area contributed by atoms with Crippen LogP contribution < -0.4 is 10.2 Å². The summed E-state index contributed by atoms with van der Waals surface area (Å²) < 4.78 is 2.22. The standard InChI is InChI=1S/C20H29N3O2S/c1-14(2)21-20(25)13-22(5)12-19(24)18-11-15(3)23(16(18)4)9-8-17-7-6-10-26-17/h6-7,10-11,14H,8-9,12-13H2,1-5H3,(H,21,25)/p+1. The van der Waals surface area contributed by atoms with Gasteiger partial charge in [-0.25, -0.2) is 0 Å². The summed E-state index contributed by atoms with van der Waals surface area (Å²) in [5.41, 5.74) is 2.90. The monoisotopic (exact) mass is 376 g/mol. The molecular formula is C20H30N3O2S+. The van der Waals surface area contributed by atoms with E-state index in [-0.39, 0.29) is 17.7 Å². The molecule has 2 rings (SSSR count). The van der Waals surface area contributed by atoms with Crippen molar-refractivity contribution in [3.8, 4) is 0 Å². The molecule has 0 aliphatic heterocycles. The van der Waals surface area contributed by atoms with Gasteiger partial charge in [0, 0.05) is 34.4 Å². The molecular weight excluding hydrogens is 346 g/mol. The molecule has 2 heterocycles. The molecule has 0 spiro atoms. The van der Waals surface area contributed by atoms with E-state index >= 15 is 0 Å². The second-order valence-electron chi connectivity index (χ2n) is 7.22. The van der Waals surface area contributed by atoms with Crippen LogP contribution in [-0.4, -0.2) is 42.4 Å². The average molecular weight is 377 g/mol. The molecule has 2 aromatic heterocycles. The van der Waals surface area contributed by atoms with Crippen LogP contribution in [0, 0.1) is 13.8 Å². The van der Waals surface area contributed by atoms with E-state index in [9.17, 15) is 9.59 Å². The molecule has 0 bridgehead atoms. The van der Waals surface area contributed by atoms with Crippen LogP contribution in [0.15, 0.2) is 23.6 Å². The maximum Gasteiger partial charge on any atom is 0.275 e. The Kier molecular flexibility index (Phi) is 7.17. The minimum atomic E-state index is -0.0216. The first-order valence-corrected chi connectivity index (χ1v) is 9.99. The minimum absolute atomic E-state index is 0.0216. The van der Waals surface area contributed by atoms with E-state index in [1.807, 2.05) is 40.8 Å². The lowest BCUT2D eigenvalue weighted by atomic mass is 10.1. The van der Waals surface area contributed by atoms with Crippen LogP contribution in [0.2, 0.25) is 0 Å². The zero-order valence-electron chi connectivity index (χ0n) is 16.4. The Morgan fingerprint density at radius 3 is 2.62 bits per heavy atom. The largest absolute Gasteiger partial charge is 0.349 e. The third kappa shape index (κ3) is 5.54. The fraction of sp³-hybridized carbons (Fsp3) is 0.500. The molecule has 0 saturated heterocycles. The van der Waals surface area contributed by atoms with Crippen molar-refractivity contribution in [1.29, 1.82) is 0 Å². The molecule has 0 aliphatic rings. The number of quaternary nitrogens is 1. The van der Waals surface area contributed by atoms with E-state index in [2.05, 4.69) is 27.4 Å². The number of carbonyl (C=O) groups excluding carboxylic acids is 2. The number of ketones is 1. The first kappa shape index (κ1) is 20.4. The van der Waals surface area contributed by atoms with Gasteiger partial charge in [-0.1, -0.05) is 6.07 Å². The summed E-state index contributed by atoms with van der Waals surface area (Å²) in [6, 6.07) is 6.31. The van der Waals surface area contributed by atoms with Crippen LogP contribution in [0.4, 0.5) is 0 Å². The van der Waals surface area contributed by atoms with Gasteiger partial charge in [-0.3, -0.25) is 9.59 Å². The maximum absolute atomic E-state index is 12.7. The molecule has 142 valence electrons. The highest BCUT2D eigenvalue weighted by atomic mass is 32.1. The van der Waals surface area contributed by atoms with Gasteiger partial charge in [0.05, 0.1) is 7.05 Å². The predicted octanol–water partition coefficient (Wildman–Crippen LogP) is 1.63. The minimum Gasteiger partial charge on any atom is -0.349 e. The number of hydrogen-bond donors (Lipinski definition) is 2. The maximum atomic E-state index is 12.7. The van der Waals surface area contributed by atoms with Crippen molar-refractivity contribution in [2.75, 3.05) is 20.1 Å². The van der Waals surface area contributed by atoms with Gasteiger partial charge in [0.25, 0.3) is 5.91 Å². The van der Waals surface area contributed by atoms with E-state index in [4.69, 9.17) is 0 Å². The molecule has 5 nitrogen and oxygen atoms in total. The van der Waals surface area contributed by atoms with Gasteiger partial charge in [-0.05, 0) is 51.6 Å². The van der Waals surface area contributed by atoms with Gasteiger partial charge in [0.1, 0.15) is 6.54 Å². The summed E-state index contributed by atoms with van der Waals surface area (Å²) in [5, 5.41) is 4.96. The number of likely N-dealkylation sites (N-methyl/N-ethyl adjacent to an activating group) is 1. The summed E-state index contributed by atoms with van der Waals surface area (Å²) in [6.07, 6.45) is 0.974. The normalized spacial score (nSPS) is 12.4. The highest BCUT2D eigenvalue weighted by Crippen LogP contribution is 2.17. The Bertz CT molecular complexity index is 747. The van der Waals surface area contributed by atoms with Gasteiger partial charge in [0.15, 0.2) is 6.54 Å². The number of Topliss-reactive ketones (excluding diaryl/α,β-unsaturated/α-hetero) is 1. The molecule has 0 aromatic carbocycles. The molecule has 2 aromatic rings. The van der Waals surface area contributed by atoms with Crippen LogP contribution >= 0.6 is 11.3 Å². The lowest BCUT2D eigenvalue weighted by Gasteiger charge is -2.14. The molecule has 6 heteroatoms. The molecule has 1 amide bonds. The van der Waals surface area contributed by atoms with E-state index in [1.165, 1.54) is 4.88 Å². The second kappa shape index (κ2) is 9.14. The number of thiophene rings is 1. The second-order valence-corrected chi connectivity index (χ2v) is 8.25. The number of rotatable bonds is 9. The molecule has 0 radical (unpaired) electrons. The summed E-state index contributed by atoms with van der Waals surface area (Å²) in [5.74, 6) is 0.0713. The van der Waals surface area contributed by atoms with Crippen molar-refractivity contribution in [3.05, 3.63) is 45.4 Å². The fourth-order valence-corrected chi connectivity index (χ4v) is 3.88. The summed E-state index contributed by atoms with van der Waals surface area (Å²) >= 11 is 1.76. The molecule has 0 aliphatic carbocycles. The van der Waals surface area contributed by atoms with Gasteiger partial charge >= 0.3 is 0 Å². The third-order valence-corrected chi connectivity index (χ3v) is 5.35. The topological polar surface area (TPSA) is 55.5 Å². The summed E-state index contributed by atoms with van der Waals surface area (Å²) in [7, 11) is 1.88. The SMILES string of the molecule is Cc1cc(C(=O)C[NH+](C)CC(=O)NC(C)C)c(C)n1CCc1cccs1. The number of amides is 1. The summed E-state index contributed by atoms with van der Waals surface area (Å²) in [4.78, 5) is 26.8. The molecule has 0 fully saturated rings. The number of aromatic nitrogens is 1. The molecule has 1 atom stereocenters. The summed E-state index contributed by atoms with van der Waals surface area (Å²) in [6.45, 7) is 9.43. The Morgan fingerprint density at radius 1 is 1.27 bits per heavy atom. The zero-order valence-corrected chi connectivity index (χ0v) is 17.2. The lowest BCUT2D eigenvalue weighted by molar-refractivity contribution is -0.862. The predicted molar refractivity (Wildman–Crippen MR) is 106 cm³/mol. The highest BCUT2D eigenvalue weighted by Gasteiger charge is 2.20. The van der Waals surface area contributed by atoms with Crippen molar-refractivity contribution in [1.82, 2.24) is 9.88 Å². The van der Waals surface area contributed by atoms with Crippen LogP contribution in [0.1, 0.15) is 40.5 Å². The molecule has 26 heavy (non-hydrogen) atoms. The number of aryl methyl sites for hydroxylation is 2. The van der Waals surface area contributed by atoms with Gasteiger partial charge < -0.3 is 14.8 Å². The van der Waals surface area contributed by atoms with E-state index in [0.29, 0.717) is 13.1 Å². The average Bonchev–Trinajstić information content (AvgIpc) is 3.13. The van der Waals surface area contributed by atoms with Gasteiger partial charge in [-0.15, -0.1) is 11.3 Å². The number of nitrogens with zero attached hydrogens (tertiary/aromatic N) is 1. The smallest absolute Gasteiger partial charge is 0.275 e. The fourth-order valence-electron chi connectivity index (χ4n) is 3.18. The number of carbonyl (C=O) groups is 2. The number of nitrogens with one attached hydrogen (secondary N) is 2.